The van der Waals surface area contributed by atoms with Crippen molar-refractivity contribution in [1.29, 1.82) is 0 Å². The van der Waals surface area contributed by atoms with E-state index in [2.05, 4.69) is 14.5 Å². The first-order chi connectivity index (χ1) is 9.10. The Labute approximate surface area is 112 Å². The van der Waals surface area contributed by atoms with Gasteiger partial charge in [-0.2, -0.15) is 0 Å². The maximum atomic E-state index is 5.97. The summed E-state index contributed by atoms with van der Waals surface area (Å²) in [6.07, 6.45) is 0. The Bertz CT molecular complexity index is 590. The number of pyridine rings is 1. The van der Waals surface area contributed by atoms with Gasteiger partial charge in [-0.05, 0) is 26.3 Å². The van der Waals surface area contributed by atoms with E-state index in [0.29, 0.717) is 32.1 Å². The number of nitrogens with two attached hydrogens (primary N) is 2. The van der Waals surface area contributed by atoms with Crippen LogP contribution in [-0.4, -0.2) is 27.7 Å². The van der Waals surface area contributed by atoms with Crippen LogP contribution in [0.4, 0.5) is 5.82 Å². The van der Waals surface area contributed by atoms with Crippen molar-refractivity contribution >= 4 is 16.9 Å². The van der Waals surface area contributed by atoms with Crippen LogP contribution in [-0.2, 0) is 17.9 Å². The molecule has 0 amide bonds. The Balaban J connectivity index is 2.66. The standard InChI is InChI=1S/C13H21N5O/c1-4-19-7-10-17-11-12(18(10)6-5-14)8(2)9(3)16-13(11)15/h4-7,14H2,1-3H3,(H2,15,16). The van der Waals surface area contributed by atoms with Gasteiger partial charge in [0.2, 0.25) is 0 Å². The minimum atomic E-state index is 0.461. The third kappa shape index (κ3) is 2.41. The zero-order valence-corrected chi connectivity index (χ0v) is 11.7. The number of aryl methyl sites for hydroxylation is 2. The fourth-order valence-electron chi connectivity index (χ4n) is 2.22. The molecule has 4 N–H and O–H groups in total. The maximum absolute atomic E-state index is 5.97. The molecule has 2 aromatic heterocycles. The highest BCUT2D eigenvalue weighted by Crippen LogP contribution is 2.26. The third-order valence-electron chi connectivity index (χ3n) is 3.26. The molecule has 0 spiro atoms. The van der Waals surface area contributed by atoms with Crippen LogP contribution in [0.5, 0.6) is 0 Å². The van der Waals surface area contributed by atoms with Gasteiger partial charge in [-0.3, -0.25) is 0 Å². The van der Waals surface area contributed by atoms with E-state index >= 15 is 0 Å². The average Bonchev–Trinajstić information content (AvgIpc) is 2.74. The second-order valence-corrected chi connectivity index (χ2v) is 4.51. The highest BCUT2D eigenvalue weighted by atomic mass is 16.5. The number of anilines is 1. The highest BCUT2D eigenvalue weighted by Gasteiger charge is 2.16. The van der Waals surface area contributed by atoms with E-state index in [1.165, 1.54) is 0 Å². The second-order valence-electron chi connectivity index (χ2n) is 4.51. The fourth-order valence-corrected chi connectivity index (χ4v) is 2.22. The molecule has 0 bridgehead atoms. The lowest BCUT2D eigenvalue weighted by Crippen LogP contribution is -2.14. The van der Waals surface area contributed by atoms with Crippen LogP contribution in [0.1, 0.15) is 24.0 Å². The first-order valence-electron chi connectivity index (χ1n) is 6.49. The molecule has 2 aromatic rings. The second kappa shape index (κ2) is 5.54. The number of rotatable bonds is 5. The summed E-state index contributed by atoms with van der Waals surface area (Å²) in [7, 11) is 0. The predicted octanol–water partition coefficient (Wildman–Crippen LogP) is 1.13. The molecule has 2 rings (SSSR count). The summed E-state index contributed by atoms with van der Waals surface area (Å²) in [5, 5.41) is 0. The lowest BCUT2D eigenvalue weighted by Gasteiger charge is -2.10. The van der Waals surface area contributed by atoms with E-state index in [1.807, 2.05) is 20.8 Å². The van der Waals surface area contributed by atoms with E-state index in [-0.39, 0.29) is 0 Å². The summed E-state index contributed by atoms with van der Waals surface area (Å²) < 4.78 is 7.55. The molecule has 19 heavy (non-hydrogen) atoms. The van der Waals surface area contributed by atoms with Gasteiger partial charge in [-0.1, -0.05) is 0 Å². The molecule has 0 aliphatic carbocycles. The van der Waals surface area contributed by atoms with Gasteiger partial charge in [-0.25, -0.2) is 9.97 Å². The van der Waals surface area contributed by atoms with E-state index < -0.39 is 0 Å². The minimum absolute atomic E-state index is 0.461. The van der Waals surface area contributed by atoms with Gasteiger partial charge in [0.1, 0.15) is 17.9 Å². The number of ether oxygens (including phenoxy) is 1. The maximum Gasteiger partial charge on any atom is 0.151 e. The van der Waals surface area contributed by atoms with Crippen molar-refractivity contribution < 1.29 is 4.74 Å². The van der Waals surface area contributed by atoms with Gasteiger partial charge in [-0.15, -0.1) is 0 Å². The Morgan fingerprint density at radius 1 is 1.26 bits per heavy atom. The molecular weight excluding hydrogens is 242 g/mol. The molecule has 104 valence electrons. The topological polar surface area (TPSA) is 92.0 Å². The Hall–Kier alpha value is -1.66. The largest absolute Gasteiger partial charge is 0.382 e. The van der Waals surface area contributed by atoms with Crippen molar-refractivity contribution in [2.75, 3.05) is 18.9 Å². The molecule has 2 heterocycles. The molecule has 0 aromatic carbocycles. The van der Waals surface area contributed by atoms with Crippen molar-refractivity contribution in [3.63, 3.8) is 0 Å². The Morgan fingerprint density at radius 3 is 2.63 bits per heavy atom. The number of hydrogen-bond donors (Lipinski definition) is 2. The van der Waals surface area contributed by atoms with Crippen LogP contribution >= 0.6 is 0 Å². The number of fused-ring (bicyclic) bond motifs is 1. The molecule has 6 heteroatoms. The monoisotopic (exact) mass is 263 g/mol. The predicted molar refractivity (Wildman–Crippen MR) is 75.8 cm³/mol. The number of hydrogen-bond acceptors (Lipinski definition) is 5. The van der Waals surface area contributed by atoms with E-state index in [1.54, 1.807) is 0 Å². The van der Waals surface area contributed by atoms with Crippen molar-refractivity contribution in [2.24, 2.45) is 5.73 Å². The van der Waals surface area contributed by atoms with E-state index in [0.717, 1.165) is 28.1 Å². The van der Waals surface area contributed by atoms with Crippen LogP contribution in [0.3, 0.4) is 0 Å². The van der Waals surface area contributed by atoms with Gasteiger partial charge in [0, 0.05) is 25.4 Å². The van der Waals surface area contributed by atoms with Crippen molar-refractivity contribution in [1.82, 2.24) is 14.5 Å². The van der Waals surface area contributed by atoms with Crippen LogP contribution < -0.4 is 11.5 Å². The van der Waals surface area contributed by atoms with E-state index in [9.17, 15) is 0 Å². The Kier molecular flexibility index (Phi) is 4.01. The SMILES string of the molecule is CCOCc1nc2c(N)nc(C)c(C)c2n1CCN. The van der Waals surface area contributed by atoms with Crippen LogP contribution in [0.15, 0.2) is 0 Å². The summed E-state index contributed by atoms with van der Waals surface area (Å²) in [6.45, 7) is 8.30. The summed E-state index contributed by atoms with van der Waals surface area (Å²) in [6, 6.07) is 0. The van der Waals surface area contributed by atoms with Crippen molar-refractivity contribution in [3.05, 3.63) is 17.1 Å². The number of nitrogens with zero attached hydrogens (tertiary/aromatic N) is 3. The molecule has 0 saturated heterocycles. The number of nitrogen functional groups attached to an aromatic ring is 1. The fraction of sp³-hybridized carbons (Fsp3) is 0.538. The van der Waals surface area contributed by atoms with E-state index in [4.69, 9.17) is 16.2 Å². The zero-order valence-electron chi connectivity index (χ0n) is 11.7. The molecule has 0 atom stereocenters. The molecule has 0 radical (unpaired) electrons. The van der Waals surface area contributed by atoms with Crippen LogP contribution in [0.25, 0.3) is 11.0 Å². The van der Waals surface area contributed by atoms with Gasteiger partial charge in [0.15, 0.2) is 5.82 Å². The summed E-state index contributed by atoms with van der Waals surface area (Å²) in [4.78, 5) is 8.89. The molecule has 0 aliphatic heterocycles. The normalized spacial score (nSPS) is 11.4. The molecular formula is C13H21N5O. The zero-order chi connectivity index (χ0) is 14.0. The summed E-state index contributed by atoms with van der Waals surface area (Å²) >= 11 is 0. The number of imidazole rings is 1. The molecule has 6 nitrogen and oxygen atoms in total. The van der Waals surface area contributed by atoms with Gasteiger partial charge in [0.05, 0.1) is 5.52 Å². The highest BCUT2D eigenvalue weighted by molar-refractivity contribution is 5.88. The molecule has 0 unspecified atom stereocenters. The van der Waals surface area contributed by atoms with Crippen molar-refractivity contribution in [2.45, 2.75) is 33.9 Å². The van der Waals surface area contributed by atoms with Gasteiger partial charge < -0.3 is 20.8 Å². The lowest BCUT2D eigenvalue weighted by atomic mass is 10.2. The van der Waals surface area contributed by atoms with Crippen LogP contribution in [0, 0.1) is 13.8 Å². The minimum Gasteiger partial charge on any atom is -0.382 e. The lowest BCUT2D eigenvalue weighted by molar-refractivity contribution is 0.126. The van der Waals surface area contributed by atoms with Gasteiger partial charge in [0.25, 0.3) is 0 Å². The third-order valence-corrected chi connectivity index (χ3v) is 3.26. The number of aromatic nitrogens is 3. The van der Waals surface area contributed by atoms with Crippen molar-refractivity contribution in [3.8, 4) is 0 Å². The summed E-state index contributed by atoms with van der Waals surface area (Å²) in [5.41, 5.74) is 15.4. The average molecular weight is 263 g/mol. The molecule has 0 saturated carbocycles. The Morgan fingerprint density at radius 2 is 2.00 bits per heavy atom. The van der Waals surface area contributed by atoms with Gasteiger partial charge >= 0.3 is 0 Å². The quantitative estimate of drug-likeness (QED) is 0.843. The first-order valence-corrected chi connectivity index (χ1v) is 6.49. The molecule has 0 fully saturated rings. The smallest absolute Gasteiger partial charge is 0.151 e. The first kappa shape index (κ1) is 13.8. The summed E-state index contributed by atoms with van der Waals surface area (Å²) in [5.74, 6) is 1.32. The van der Waals surface area contributed by atoms with Crippen LogP contribution in [0.2, 0.25) is 0 Å². The molecule has 0 aliphatic rings.